The van der Waals surface area contributed by atoms with Crippen LogP contribution >= 0.6 is 0 Å². The van der Waals surface area contributed by atoms with E-state index in [-0.39, 0.29) is 24.0 Å². The van der Waals surface area contributed by atoms with Gasteiger partial charge in [0.1, 0.15) is 0 Å². The molecule has 0 aromatic heterocycles. The van der Waals surface area contributed by atoms with Crippen molar-refractivity contribution in [2.75, 3.05) is 19.7 Å². The molecule has 1 aliphatic heterocycles. The molecule has 0 bridgehead atoms. The van der Waals surface area contributed by atoms with Gasteiger partial charge < -0.3 is 15.7 Å². The number of hydrogen-bond donors (Lipinski definition) is 3. The van der Waals surface area contributed by atoms with Crippen LogP contribution in [0.5, 0.6) is 0 Å². The highest BCUT2D eigenvalue weighted by atomic mass is 16.3. The van der Waals surface area contributed by atoms with Crippen molar-refractivity contribution in [3.8, 4) is 0 Å². The van der Waals surface area contributed by atoms with Gasteiger partial charge in [-0.25, -0.2) is 0 Å². The standard InChI is InChI=1S/C13H26N2O2/c1-4-10-5-6-14-11(7-10)12(17)15-8-13(2,3)9-16/h10-11,14,16H,4-9H2,1-3H3,(H,15,17). The Balaban J connectivity index is 2.37. The maximum absolute atomic E-state index is 12.0. The average Bonchev–Trinajstić information content (AvgIpc) is 2.36. The van der Waals surface area contributed by atoms with Gasteiger partial charge in [-0.15, -0.1) is 0 Å². The molecular formula is C13H26N2O2. The largest absolute Gasteiger partial charge is 0.396 e. The van der Waals surface area contributed by atoms with Gasteiger partial charge in [0.15, 0.2) is 0 Å². The molecule has 1 saturated heterocycles. The number of carbonyl (C=O) groups is 1. The molecule has 0 aromatic carbocycles. The average molecular weight is 242 g/mol. The van der Waals surface area contributed by atoms with Gasteiger partial charge in [0.2, 0.25) is 5.91 Å². The summed E-state index contributed by atoms with van der Waals surface area (Å²) in [5.41, 5.74) is -0.242. The molecule has 3 N–H and O–H groups in total. The quantitative estimate of drug-likeness (QED) is 0.671. The second-order valence-electron chi connectivity index (χ2n) is 5.85. The van der Waals surface area contributed by atoms with Crippen molar-refractivity contribution in [3.63, 3.8) is 0 Å². The summed E-state index contributed by atoms with van der Waals surface area (Å²) in [6.07, 6.45) is 3.25. The minimum atomic E-state index is -0.242. The van der Waals surface area contributed by atoms with Crippen LogP contribution in [0, 0.1) is 11.3 Å². The zero-order valence-corrected chi connectivity index (χ0v) is 11.3. The molecular weight excluding hydrogens is 216 g/mol. The Labute approximate surface area is 104 Å². The normalized spacial score (nSPS) is 25.6. The predicted octanol–water partition coefficient (Wildman–Crippen LogP) is 0.899. The van der Waals surface area contributed by atoms with Crippen LogP contribution in [-0.2, 0) is 4.79 Å². The van der Waals surface area contributed by atoms with Crippen molar-refractivity contribution in [1.82, 2.24) is 10.6 Å². The highest BCUT2D eigenvalue weighted by Gasteiger charge is 2.27. The van der Waals surface area contributed by atoms with Crippen molar-refractivity contribution < 1.29 is 9.90 Å². The molecule has 1 rings (SSSR count). The van der Waals surface area contributed by atoms with Gasteiger partial charge in [-0.1, -0.05) is 27.2 Å². The smallest absolute Gasteiger partial charge is 0.237 e. The molecule has 0 radical (unpaired) electrons. The van der Waals surface area contributed by atoms with E-state index >= 15 is 0 Å². The lowest BCUT2D eigenvalue weighted by Gasteiger charge is -2.30. The Morgan fingerprint density at radius 3 is 2.82 bits per heavy atom. The van der Waals surface area contributed by atoms with E-state index in [0.717, 1.165) is 19.4 Å². The zero-order valence-electron chi connectivity index (χ0n) is 11.3. The minimum Gasteiger partial charge on any atom is -0.396 e. The Morgan fingerprint density at radius 1 is 1.53 bits per heavy atom. The number of aliphatic hydroxyl groups excluding tert-OH is 1. The summed E-state index contributed by atoms with van der Waals surface area (Å²) in [6.45, 7) is 7.60. The maximum atomic E-state index is 12.0. The molecule has 1 aliphatic rings. The molecule has 2 atom stereocenters. The van der Waals surface area contributed by atoms with E-state index in [0.29, 0.717) is 12.5 Å². The Kier molecular flexibility index (Phi) is 5.40. The zero-order chi connectivity index (χ0) is 12.9. The minimum absolute atomic E-state index is 0.0526. The summed E-state index contributed by atoms with van der Waals surface area (Å²) < 4.78 is 0. The van der Waals surface area contributed by atoms with Crippen molar-refractivity contribution in [3.05, 3.63) is 0 Å². The fourth-order valence-corrected chi connectivity index (χ4v) is 2.07. The maximum Gasteiger partial charge on any atom is 0.237 e. The van der Waals surface area contributed by atoms with Crippen LogP contribution in [0.4, 0.5) is 0 Å². The van der Waals surface area contributed by atoms with Gasteiger partial charge >= 0.3 is 0 Å². The Bertz CT molecular complexity index is 254. The third-order valence-corrected chi connectivity index (χ3v) is 3.58. The van der Waals surface area contributed by atoms with Gasteiger partial charge in [-0.2, -0.15) is 0 Å². The van der Waals surface area contributed by atoms with Crippen LogP contribution in [0.3, 0.4) is 0 Å². The predicted molar refractivity (Wildman–Crippen MR) is 68.7 cm³/mol. The van der Waals surface area contributed by atoms with E-state index in [1.54, 1.807) is 0 Å². The Morgan fingerprint density at radius 2 is 2.24 bits per heavy atom. The molecule has 0 spiro atoms. The van der Waals surface area contributed by atoms with E-state index in [1.165, 1.54) is 6.42 Å². The third-order valence-electron chi connectivity index (χ3n) is 3.58. The fraction of sp³-hybridized carbons (Fsp3) is 0.923. The molecule has 17 heavy (non-hydrogen) atoms. The van der Waals surface area contributed by atoms with E-state index in [9.17, 15) is 4.79 Å². The molecule has 1 heterocycles. The molecule has 0 aliphatic carbocycles. The van der Waals surface area contributed by atoms with Gasteiger partial charge in [-0.05, 0) is 25.3 Å². The summed E-state index contributed by atoms with van der Waals surface area (Å²) in [5.74, 6) is 0.738. The van der Waals surface area contributed by atoms with Gasteiger partial charge in [-0.3, -0.25) is 4.79 Å². The first-order valence-electron chi connectivity index (χ1n) is 6.60. The van der Waals surface area contributed by atoms with E-state index in [4.69, 9.17) is 5.11 Å². The van der Waals surface area contributed by atoms with Crippen LogP contribution in [0.15, 0.2) is 0 Å². The van der Waals surface area contributed by atoms with Crippen LogP contribution in [-0.4, -0.2) is 36.8 Å². The van der Waals surface area contributed by atoms with E-state index in [2.05, 4.69) is 17.6 Å². The van der Waals surface area contributed by atoms with Crippen molar-refractivity contribution >= 4 is 5.91 Å². The first-order valence-corrected chi connectivity index (χ1v) is 6.60. The third kappa shape index (κ3) is 4.64. The lowest BCUT2D eigenvalue weighted by atomic mass is 9.89. The molecule has 2 unspecified atom stereocenters. The second kappa shape index (κ2) is 6.36. The molecule has 1 amide bonds. The molecule has 4 nitrogen and oxygen atoms in total. The number of piperidine rings is 1. The van der Waals surface area contributed by atoms with Gasteiger partial charge in [0, 0.05) is 18.6 Å². The van der Waals surface area contributed by atoms with Crippen molar-refractivity contribution in [2.45, 2.75) is 46.1 Å². The fourth-order valence-electron chi connectivity index (χ4n) is 2.07. The molecule has 0 saturated carbocycles. The number of carbonyl (C=O) groups excluding carboxylic acids is 1. The summed E-state index contributed by atoms with van der Waals surface area (Å²) in [7, 11) is 0. The van der Waals surface area contributed by atoms with Crippen molar-refractivity contribution in [2.24, 2.45) is 11.3 Å². The van der Waals surface area contributed by atoms with Gasteiger partial charge in [0.05, 0.1) is 6.04 Å². The van der Waals surface area contributed by atoms with Crippen LogP contribution in [0.2, 0.25) is 0 Å². The number of hydrogen-bond acceptors (Lipinski definition) is 3. The first kappa shape index (κ1) is 14.5. The summed E-state index contributed by atoms with van der Waals surface area (Å²) in [5, 5.41) is 15.3. The Hall–Kier alpha value is -0.610. The van der Waals surface area contributed by atoms with E-state index in [1.807, 2.05) is 13.8 Å². The van der Waals surface area contributed by atoms with Crippen LogP contribution < -0.4 is 10.6 Å². The van der Waals surface area contributed by atoms with E-state index < -0.39 is 0 Å². The highest BCUT2D eigenvalue weighted by Crippen LogP contribution is 2.19. The first-order chi connectivity index (χ1) is 7.98. The lowest BCUT2D eigenvalue weighted by molar-refractivity contribution is -0.124. The molecule has 0 aromatic rings. The topological polar surface area (TPSA) is 61.4 Å². The number of amides is 1. The molecule has 100 valence electrons. The van der Waals surface area contributed by atoms with Crippen LogP contribution in [0.25, 0.3) is 0 Å². The van der Waals surface area contributed by atoms with Crippen molar-refractivity contribution in [1.29, 1.82) is 0 Å². The monoisotopic (exact) mass is 242 g/mol. The molecule has 4 heteroatoms. The highest BCUT2D eigenvalue weighted by molar-refractivity contribution is 5.81. The SMILES string of the molecule is CCC1CCNC(C(=O)NCC(C)(C)CO)C1. The number of aliphatic hydroxyl groups is 1. The summed E-state index contributed by atoms with van der Waals surface area (Å²) in [6, 6.07) is -0.0526. The van der Waals surface area contributed by atoms with Gasteiger partial charge in [0.25, 0.3) is 0 Å². The number of nitrogens with one attached hydrogen (secondary N) is 2. The second-order valence-corrected chi connectivity index (χ2v) is 5.85. The summed E-state index contributed by atoms with van der Waals surface area (Å²) in [4.78, 5) is 12.0. The summed E-state index contributed by atoms with van der Waals surface area (Å²) >= 11 is 0. The number of rotatable bonds is 5. The molecule has 1 fully saturated rings. The van der Waals surface area contributed by atoms with Crippen LogP contribution in [0.1, 0.15) is 40.0 Å². The lowest BCUT2D eigenvalue weighted by Crippen LogP contribution is -2.50.